The van der Waals surface area contributed by atoms with Crippen molar-refractivity contribution in [1.29, 1.82) is 0 Å². The van der Waals surface area contributed by atoms with Crippen LogP contribution in [0.1, 0.15) is 17.2 Å². The Morgan fingerprint density at radius 2 is 1.95 bits per heavy atom. The van der Waals surface area contributed by atoms with E-state index in [1.165, 1.54) is 11.3 Å². The van der Waals surface area contributed by atoms with Crippen LogP contribution in [0, 0.1) is 11.6 Å². The van der Waals surface area contributed by atoms with Crippen LogP contribution < -0.4 is 10.2 Å². The van der Waals surface area contributed by atoms with E-state index in [0.29, 0.717) is 12.1 Å². The largest absolute Gasteiger partial charge is 0.369 e. The van der Waals surface area contributed by atoms with Crippen LogP contribution in [-0.4, -0.2) is 20.1 Å². The molecule has 1 heterocycles. The smallest absolute Gasteiger partial charge is 0.163 e. The van der Waals surface area contributed by atoms with Crippen LogP contribution in [0.2, 0.25) is 0 Å². The Morgan fingerprint density at radius 3 is 2.76 bits per heavy atom. The minimum atomic E-state index is -0.797. The molecule has 0 bridgehead atoms. The SMILES string of the molecule is CNC(CN1CCc2ccccc21)c1cccc(F)c1F. The zero-order valence-electron chi connectivity index (χ0n) is 11.9. The average molecular weight is 288 g/mol. The van der Waals surface area contributed by atoms with E-state index in [9.17, 15) is 8.78 Å². The van der Waals surface area contributed by atoms with Gasteiger partial charge in [-0.3, -0.25) is 0 Å². The van der Waals surface area contributed by atoms with Crippen LogP contribution in [0.5, 0.6) is 0 Å². The molecule has 110 valence electrons. The van der Waals surface area contributed by atoms with Gasteiger partial charge in [0.1, 0.15) is 0 Å². The summed E-state index contributed by atoms with van der Waals surface area (Å²) in [5, 5.41) is 3.10. The highest BCUT2D eigenvalue weighted by Crippen LogP contribution is 2.30. The molecule has 0 spiro atoms. The van der Waals surface area contributed by atoms with Gasteiger partial charge in [-0.15, -0.1) is 0 Å². The molecule has 0 saturated heterocycles. The van der Waals surface area contributed by atoms with Gasteiger partial charge in [0.2, 0.25) is 0 Å². The van der Waals surface area contributed by atoms with Gasteiger partial charge in [-0.2, -0.15) is 0 Å². The predicted octanol–water partition coefficient (Wildman–Crippen LogP) is 3.29. The maximum absolute atomic E-state index is 14.0. The fraction of sp³-hybridized carbons (Fsp3) is 0.294. The summed E-state index contributed by atoms with van der Waals surface area (Å²) in [6, 6.07) is 12.3. The molecule has 1 atom stereocenters. The second-order valence-electron chi connectivity index (χ2n) is 5.31. The van der Waals surface area contributed by atoms with Crippen molar-refractivity contribution in [2.45, 2.75) is 12.5 Å². The summed E-state index contributed by atoms with van der Waals surface area (Å²) in [4.78, 5) is 2.22. The molecule has 0 aromatic heterocycles. The summed E-state index contributed by atoms with van der Waals surface area (Å²) in [5.74, 6) is -1.56. The van der Waals surface area contributed by atoms with Crippen molar-refractivity contribution >= 4 is 5.69 Å². The van der Waals surface area contributed by atoms with Crippen LogP contribution in [0.15, 0.2) is 42.5 Å². The van der Waals surface area contributed by atoms with Crippen molar-refractivity contribution in [3.8, 4) is 0 Å². The number of likely N-dealkylation sites (N-methyl/N-ethyl adjacent to an activating group) is 1. The molecule has 1 aliphatic rings. The van der Waals surface area contributed by atoms with Crippen molar-refractivity contribution in [1.82, 2.24) is 5.32 Å². The van der Waals surface area contributed by atoms with Crippen LogP contribution in [0.25, 0.3) is 0 Å². The first kappa shape index (κ1) is 14.0. The molecule has 0 fully saturated rings. The standard InChI is InChI=1S/C17H18F2N2/c1-20-15(13-6-4-7-14(18)17(13)19)11-21-10-9-12-5-2-3-8-16(12)21/h2-8,15,20H,9-11H2,1H3. The molecule has 1 unspecified atom stereocenters. The number of fused-ring (bicyclic) bond motifs is 1. The number of halogens is 2. The van der Waals surface area contributed by atoms with Crippen LogP contribution in [0.4, 0.5) is 14.5 Å². The molecule has 0 saturated carbocycles. The third-order valence-corrected chi connectivity index (χ3v) is 4.09. The number of nitrogens with zero attached hydrogens (tertiary/aromatic N) is 1. The van der Waals surface area contributed by atoms with Gasteiger partial charge >= 0.3 is 0 Å². The molecular formula is C17H18F2N2. The molecule has 0 aliphatic carbocycles. The van der Waals surface area contributed by atoms with Crippen molar-refractivity contribution < 1.29 is 8.78 Å². The highest BCUT2D eigenvalue weighted by molar-refractivity contribution is 5.58. The molecular weight excluding hydrogens is 270 g/mol. The monoisotopic (exact) mass is 288 g/mol. The van der Waals surface area contributed by atoms with Crippen molar-refractivity contribution in [2.24, 2.45) is 0 Å². The van der Waals surface area contributed by atoms with E-state index in [1.54, 1.807) is 19.2 Å². The Hall–Kier alpha value is -1.94. The Balaban J connectivity index is 1.84. The topological polar surface area (TPSA) is 15.3 Å². The lowest BCUT2D eigenvalue weighted by atomic mass is 10.1. The molecule has 2 aromatic rings. The van der Waals surface area contributed by atoms with Crippen molar-refractivity contribution in [2.75, 3.05) is 25.0 Å². The highest BCUT2D eigenvalue weighted by Gasteiger charge is 2.24. The first-order valence-corrected chi connectivity index (χ1v) is 7.14. The molecule has 21 heavy (non-hydrogen) atoms. The van der Waals surface area contributed by atoms with E-state index in [-0.39, 0.29) is 6.04 Å². The van der Waals surface area contributed by atoms with Gasteiger partial charge in [0.05, 0.1) is 6.04 Å². The predicted molar refractivity (Wildman–Crippen MR) is 80.5 cm³/mol. The molecule has 4 heteroatoms. The molecule has 3 rings (SSSR count). The summed E-state index contributed by atoms with van der Waals surface area (Å²) >= 11 is 0. The van der Waals surface area contributed by atoms with Gasteiger partial charge in [0.25, 0.3) is 0 Å². The average Bonchev–Trinajstić information content (AvgIpc) is 2.91. The van der Waals surface area contributed by atoms with Gasteiger partial charge in [0.15, 0.2) is 11.6 Å². The molecule has 2 nitrogen and oxygen atoms in total. The van der Waals surface area contributed by atoms with Gasteiger partial charge in [-0.1, -0.05) is 30.3 Å². The number of hydrogen-bond acceptors (Lipinski definition) is 2. The molecule has 0 radical (unpaired) electrons. The third-order valence-electron chi connectivity index (χ3n) is 4.09. The van der Waals surface area contributed by atoms with E-state index in [4.69, 9.17) is 0 Å². The minimum Gasteiger partial charge on any atom is -0.369 e. The first-order valence-electron chi connectivity index (χ1n) is 7.14. The van der Waals surface area contributed by atoms with Crippen LogP contribution in [0.3, 0.4) is 0 Å². The lowest BCUT2D eigenvalue weighted by Crippen LogP contribution is -2.33. The Bertz CT molecular complexity index is 642. The fourth-order valence-electron chi connectivity index (χ4n) is 2.95. The summed E-state index contributed by atoms with van der Waals surface area (Å²) < 4.78 is 27.4. The quantitative estimate of drug-likeness (QED) is 0.928. The number of rotatable bonds is 4. The minimum absolute atomic E-state index is 0.244. The Labute approximate surface area is 123 Å². The van der Waals surface area contributed by atoms with E-state index in [1.807, 2.05) is 12.1 Å². The van der Waals surface area contributed by atoms with Crippen LogP contribution >= 0.6 is 0 Å². The van der Waals surface area contributed by atoms with Gasteiger partial charge < -0.3 is 10.2 Å². The third kappa shape index (κ3) is 2.63. The second-order valence-corrected chi connectivity index (χ2v) is 5.31. The van der Waals surface area contributed by atoms with Gasteiger partial charge in [-0.25, -0.2) is 8.78 Å². The summed E-state index contributed by atoms with van der Waals surface area (Å²) in [7, 11) is 1.77. The zero-order valence-corrected chi connectivity index (χ0v) is 11.9. The maximum atomic E-state index is 14.0. The fourth-order valence-corrected chi connectivity index (χ4v) is 2.95. The van der Waals surface area contributed by atoms with Crippen molar-refractivity contribution in [3.05, 3.63) is 65.2 Å². The number of para-hydroxylation sites is 1. The molecule has 1 aliphatic heterocycles. The van der Waals surface area contributed by atoms with Gasteiger partial charge in [-0.05, 0) is 31.2 Å². The Kier molecular flexibility index (Phi) is 3.88. The van der Waals surface area contributed by atoms with Crippen LogP contribution in [-0.2, 0) is 6.42 Å². The lowest BCUT2D eigenvalue weighted by Gasteiger charge is -2.26. The number of anilines is 1. The zero-order chi connectivity index (χ0) is 14.8. The number of benzene rings is 2. The molecule has 1 N–H and O–H groups in total. The first-order chi connectivity index (χ1) is 10.2. The normalized spacial score (nSPS) is 15.1. The lowest BCUT2D eigenvalue weighted by molar-refractivity contribution is 0.473. The Morgan fingerprint density at radius 1 is 1.14 bits per heavy atom. The van der Waals surface area contributed by atoms with E-state index in [2.05, 4.69) is 22.3 Å². The van der Waals surface area contributed by atoms with E-state index < -0.39 is 11.6 Å². The summed E-state index contributed by atoms with van der Waals surface area (Å²) in [6.07, 6.45) is 0.998. The summed E-state index contributed by atoms with van der Waals surface area (Å²) in [5.41, 5.74) is 2.88. The molecule has 0 amide bonds. The van der Waals surface area contributed by atoms with Crippen molar-refractivity contribution in [3.63, 3.8) is 0 Å². The number of nitrogens with one attached hydrogen (secondary N) is 1. The number of hydrogen-bond donors (Lipinski definition) is 1. The van der Waals surface area contributed by atoms with E-state index in [0.717, 1.165) is 19.0 Å². The maximum Gasteiger partial charge on any atom is 0.163 e. The van der Waals surface area contributed by atoms with E-state index >= 15 is 0 Å². The van der Waals surface area contributed by atoms with Gasteiger partial charge in [0, 0.05) is 24.3 Å². The highest BCUT2D eigenvalue weighted by atomic mass is 19.2. The second kappa shape index (κ2) is 5.82. The molecule has 2 aromatic carbocycles. The summed E-state index contributed by atoms with van der Waals surface area (Å²) in [6.45, 7) is 1.53.